The first-order valence-corrected chi connectivity index (χ1v) is 8.25. The van der Waals surface area contributed by atoms with Crippen molar-refractivity contribution in [3.8, 4) is 0 Å². The van der Waals surface area contributed by atoms with Crippen molar-refractivity contribution < 1.29 is 19.4 Å². The SMILES string of the molecule is CC(C)(C)OC(=O)N[C@@H](c1ccccc1)[C@@H](O)C(=S)OC(C)(C)C. The summed E-state index contributed by atoms with van der Waals surface area (Å²) in [4.78, 5) is 12.1. The predicted octanol–water partition coefficient (Wildman–Crippen LogP) is 3.76. The molecule has 0 heterocycles. The fourth-order valence-electron chi connectivity index (χ4n) is 1.94. The first kappa shape index (κ1) is 20.4. The van der Waals surface area contributed by atoms with Crippen molar-refractivity contribution >= 4 is 23.4 Å². The van der Waals surface area contributed by atoms with Crippen LogP contribution >= 0.6 is 12.2 Å². The number of carbonyl (C=O) groups excluding carboxylic acids is 1. The van der Waals surface area contributed by atoms with E-state index >= 15 is 0 Å². The number of rotatable bonds is 4. The number of ether oxygens (including phenoxy) is 2. The highest BCUT2D eigenvalue weighted by Gasteiger charge is 2.31. The molecule has 1 aromatic rings. The van der Waals surface area contributed by atoms with Gasteiger partial charge in [-0.3, -0.25) is 0 Å². The molecule has 0 aliphatic heterocycles. The third kappa shape index (κ3) is 7.27. The highest BCUT2D eigenvalue weighted by atomic mass is 32.1. The Morgan fingerprint density at radius 1 is 1.04 bits per heavy atom. The van der Waals surface area contributed by atoms with Crippen LogP contribution in [0.5, 0.6) is 0 Å². The summed E-state index contributed by atoms with van der Waals surface area (Å²) in [5, 5.41) is 13.3. The lowest BCUT2D eigenvalue weighted by molar-refractivity contribution is 0.0426. The molecule has 0 aliphatic carbocycles. The third-order valence-electron chi connectivity index (χ3n) is 2.79. The zero-order valence-electron chi connectivity index (χ0n) is 15.1. The molecular weight excluding hydrogens is 326 g/mol. The van der Waals surface area contributed by atoms with Gasteiger partial charge in [-0.25, -0.2) is 4.79 Å². The van der Waals surface area contributed by atoms with Crippen LogP contribution in [0, 0.1) is 0 Å². The number of benzene rings is 1. The van der Waals surface area contributed by atoms with E-state index in [1.165, 1.54) is 0 Å². The smallest absolute Gasteiger partial charge is 0.408 e. The van der Waals surface area contributed by atoms with E-state index in [-0.39, 0.29) is 5.05 Å². The first-order chi connectivity index (χ1) is 10.9. The number of amides is 1. The van der Waals surface area contributed by atoms with Gasteiger partial charge in [-0.15, -0.1) is 0 Å². The fourth-order valence-corrected chi connectivity index (χ4v) is 2.32. The van der Waals surface area contributed by atoms with Crippen molar-refractivity contribution in [2.24, 2.45) is 0 Å². The molecular formula is C18H27NO4S. The minimum atomic E-state index is -1.19. The van der Waals surface area contributed by atoms with E-state index in [9.17, 15) is 9.90 Å². The quantitative estimate of drug-likeness (QED) is 0.807. The lowest BCUT2D eigenvalue weighted by Crippen LogP contribution is -2.44. The average molecular weight is 353 g/mol. The number of nitrogens with one attached hydrogen (secondary N) is 1. The Morgan fingerprint density at radius 3 is 2.00 bits per heavy atom. The Hall–Kier alpha value is -1.66. The van der Waals surface area contributed by atoms with Gasteiger partial charge in [0.1, 0.15) is 17.3 Å². The number of hydrogen-bond donors (Lipinski definition) is 2. The van der Waals surface area contributed by atoms with Gasteiger partial charge in [-0.2, -0.15) is 0 Å². The van der Waals surface area contributed by atoms with Crippen molar-refractivity contribution in [3.05, 3.63) is 35.9 Å². The van der Waals surface area contributed by atoms with Crippen molar-refractivity contribution in [1.29, 1.82) is 0 Å². The summed E-state index contributed by atoms with van der Waals surface area (Å²) < 4.78 is 10.8. The Kier molecular flexibility index (Phi) is 6.75. The van der Waals surface area contributed by atoms with E-state index in [1.807, 2.05) is 39.0 Å². The summed E-state index contributed by atoms with van der Waals surface area (Å²) in [6.45, 7) is 10.8. The molecule has 0 aromatic heterocycles. The molecule has 1 amide bonds. The molecule has 24 heavy (non-hydrogen) atoms. The van der Waals surface area contributed by atoms with E-state index in [0.717, 1.165) is 0 Å². The van der Waals surface area contributed by atoms with Gasteiger partial charge in [0.05, 0.1) is 6.04 Å². The molecule has 0 saturated carbocycles. The zero-order valence-corrected chi connectivity index (χ0v) is 15.9. The minimum Gasteiger partial charge on any atom is -0.479 e. The van der Waals surface area contributed by atoms with Gasteiger partial charge in [0.25, 0.3) is 0 Å². The summed E-state index contributed by atoms with van der Waals surface area (Å²) in [6.07, 6.45) is -1.82. The normalized spacial score (nSPS) is 14.5. The van der Waals surface area contributed by atoms with Crippen molar-refractivity contribution in [2.75, 3.05) is 0 Å². The van der Waals surface area contributed by atoms with Crippen LogP contribution in [-0.4, -0.2) is 33.6 Å². The standard InChI is InChI=1S/C18H27NO4S/c1-17(2,3)22-15(24)14(20)13(12-10-8-7-9-11-12)19-16(21)23-18(4,5)6/h7-11,13-14,20H,1-6H3,(H,19,21)/t13-,14+/m0/s1. The van der Waals surface area contributed by atoms with Crippen LogP contribution in [0.25, 0.3) is 0 Å². The molecule has 5 nitrogen and oxygen atoms in total. The Morgan fingerprint density at radius 2 is 1.54 bits per heavy atom. The van der Waals surface area contributed by atoms with Crippen LogP contribution in [0.1, 0.15) is 53.1 Å². The molecule has 2 N–H and O–H groups in total. The molecule has 1 rings (SSSR count). The number of aliphatic hydroxyl groups is 1. The van der Waals surface area contributed by atoms with Crippen molar-refractivity contribution in [2.45, 2.75) is 64.9 Å². The Balaban J connectivity index is 2.98. The fraction of sp³-hybridized carbons (Fsp3) is 0.556. The van der Waals surface area contributed by atoms with Crippen LogP contribution in [0.3, 0.4) is 0 Å². The molecule has 1 aromatic carbocycles. The van der Waals surface area contributed by atoms with E-state index in [2.05, 4.69) is 5.32 Å². The molecule has 0 saturated heterocycles. The second kappa shape index (κ2) is 7.94. The Bertz CT molecular complexity index is 561. The summed E-state index contributed by atoms with van der Waals surface area (Å²) in [5.74, 6) is 0. The molecule has 0 bridgehead atoms. The molecule has 0 fully saturated rings. The predicted molar refractivity (Wildman–Crippen MR) is 98.0 cm³/mol. The third-order valence-corrected chi connectivity index (χ3v) is 3.12. The van der Waals surface area contributed by atoms with Gasteiger partial charge in [-0.1, -0.05) is 30.3 Å². The van der Waals surface area contributed by atoms with Crippen LogP contribution in [-0.2, 0) is 9.47 Å². The van der Waals surface area contributed by atoms with Crippen LogP contribution in [0.15, 0.2) is 30.3 Å². The number of hydrogen-bond acceptors (Lipinski definition) is 5. The van der Waals surface area contributed by atoms with E-state index in [4.69, 9.17) is 21.7 Å². The second-order valence-corrected chi connectivity index (χ2v) is 7.92. The second-order valence-electron chi connectivity index (χ2n) is 7.51. The summed E-state index contributed by atoms with van der Waals surface area (Å²) in [7, 11) is 0. The molecule has 0 spiro atoms. The summed E-state index contributed by atoms with van der Waals surface area (Å²) in [6, 6.07) is 8.31. The lowest BCUT2D eigenvalue weighted by Gasteiger charge is -2.30. The van der Waals surface area contributed by atoms with Gasteiger partial charge in [-0.05, 0) is 59.3 Å². The van der Waals surface area contributed by atoms with Crippen LogP contribution < -0.4 is 5.32 Å². The van der Waals surface area contributed by atoms with Crippen molar-refractivity contribution in [1.82, 2.24) is 5.32 Å². The van der Waals surface area contributed by atoms with E-state index in [0.29, 0.717) is 5.56 Å². The topological polar surface area (TPSA) is 67.8 Å². The monoisotopic (exact) mass is 353 g/mol. The molecule has 0 aliphatic rings. The number of thiocarbonyl (C=S) groups is 1. The largest absolute Gasteiger partial charge is 0.479 e. The van der Waals surface area contributed by atoms with Gasteiger partial charge in [0.2, 0.25) is 0 Å². The van der Waals surface area contributed by atoms with Gasteiger partial charge in [0, 0.05) is 0 Å². The zero-order chi connectivity index (χ0) is 18.5. The van der Waals surface area contributed by atoms with E-state index in [1.54, 1.807) is 32.9 Å². The maximum absolute atomic E-state index is 12.1. The van der Waals surface area contributed by atoms with Gasteiger partial charge >= 0.3 is 6.09 Å². The van der Waals surface area contributed by atoms with E-state index < -0.39 is 29.4 Å². The maximum atomic E-state index is 12.1. The van der Waals surface area contributed by atoms with Gasteiger partial charge in [0.15, 0.2) is 5.05 Å². The van der Waals surface area contributed by atoms with Crippen LogP contribution in [0.4, 0.5) is 4.79 Å². The summed E-state index contributed by atoms with van der Waals surface area (Å²) >= 11 is 5.20. The lowest BCUT2D eigenvalue weighted by atomic mass is 10.0. The average Bonchev–Trinajstić information content (AvgIpc) is 2.41. The highest BCUT2D eigenvalue weighted by molar-refractivity contribution is 7.80. The van der Waals surface area contributed by atoms with Gasteiger partial charge < -0.3 is 19.9 Å². The number of aliphatic hydroxyl groups excluding tert-OH is 1. The highest BCUT2D eigenvalue weighted by Crippen LogP contribution is 2.22. The number of carbonyl (C=O) groups is 1. The maximum Gasteiger partial charge on any atom is 0.408 e. The molecule has 134 valence electrons. The first-order valence-electron chi connectivity index (χ1n) is 7.84. The molecule has 0 radical (unpaired) electrons. The Labute approximate surface area is 149 Å². The molecule has 2 atom stereocenters. The minimum absolute atomic E-state index is 0.0208. The molecule has 6 heteroatoms. The van der Waals surface area contributed by atoms with Crippen molar-refractivity contribution in [3.63, 3.8) is 0 Å². The summed E-state index contributed by atoms with van der Waals surface area (Å²) in [5.41, 5.74) is -0.472. The van der Waals surface area contributed by atoms with Crippen LogP contribution in [0.2, 0.25) is 0 Å². The molecule has 0 unspecified atom stereocenters. The number of alkyl carbamates (subject to hydrolysis) is 1.